The van der Waals surface area contributed by atoms with Crippen LogP contribution in [0.4, 0.5) is 11.4 Å². The molecule has 7 nitrogen and oxygen atoms in total. The molecule has 0 aliphatic heterocycles. The summed E-state index contributed by atoms with van der Waals surface area (Å²) in [5.41, 5.74) is -0.0220. The van der Waals surface area contributed by atoms with Crippen molar-refractivity contribution in [1.29, 1.82) is 0 Å². The quantitative estimate of drug-likeness (QED) is 0.190. The lowest BCUT2D eigenvalue weighted by Gasteiger charge is -2.01. The van der Waals surface area contributed by atoms with Crippen LogP contribution in [0.2, 0.25) is 0 Å². The summed E-state index contributed by atoms with van der Waals surface area (Å²) >= 11 is 0. The lowest BCUT2D eigenvalue weighted by Crippen LogP contribution is -2.09. The molecule has 0 saturated carbocycles. The van der Waals surface area contributed by atoms with E-state index in [2.05, 4.69) is 4.74 Å². The second-order valence-electron chi connectivity index (χ2n) is 2.75. The van der Waals surface area contributed by atoms with Gasteiger partial charge in [0.15, 0.2) is 0 Å². The number of benzene rings is 1. The lowest BCUT2D eigenvalue weighted by molar-refractivity contribution is -0.385. The highest BCUT2D eigenvalue weighted by Gasteiger charge is 2.09. The molecule has 1 aromatic carbocycles. The number of hydrogen-bond donors (Lipinski definition) is 0. The van der Waals surface area contributed by atoms with Gasteiger partial charge in [0, 0.05) is 24.3 Å². The Morgan fingerprint density at radius 3 is 2.19 bits per heavy atom. The molecule has 0 unspecified atom stereocenters. The third-order valence-electron chi connectivity index (χ3n) is 1.74. The minimum atomic E-state index is -0.798. The largest absolute Gasteiger partial charge is 0.618 e. The highest BCUT2D eigenvalue weighted by Crippen LogP contribution is 2.16. The van der Waals surface area contributed by atoms with Gasteiger partial charge in [0.2, 0.25) is 5.69 Å². The summed E-state index contributed by atoms with van der Waals surface area (Å²) in [5.74, 6) is -0.798. The van der Waals surface area contributed by atoms with Crippen molar-refractivity contribution < 1.29 is 19.2 Å². The van der Waals surface area contributed by atoms with Crippen LogP contribution in [0.5, 0.6) is 0 Å². The molecule has 0 atom stereocenters. The van der Waals surface area contributed by atoms with Crippen molar-refractivity contribution in [3.8, 4) is 0 Å². The van der Waals surface area contributed by atoms with E-state index in [0.717, 1.165) is 7.11 Å². The zero-order chi connectivity index (χ0) is 12.1. The molecule has 0 spiro atoms. The Balaban J connectivity index is 2.94. The third-order valence-corrected chi connectivity index (χ3v) is 1.74. The van der Waals surface area contributed by atoms with Crippen molar-refractivity contribution in [2.75, 3.05) is 7.11 Å². The monoisotopic (exact) mass is 224 g/mol. The fraction of sp³-hybridized carbons (Fsp3) is 0.111. The van der Waals surface area contributed by atoms with Crippen molar-refractivity contribution >= 4 is 23.6 Å². The molecule has 1 rings (SSSR count). The molecule has 7 heteroatoms. The van der Waals surface area contributed by atoms with Crippen LogP contribution < -0.4 is 0 Å². The van der Waals surface area contributed by atoms with Gasteiger partial charge in [0.25, 0.3) is 11.9 Å². The van der Waals surface area contributed by atoms with Gasteiger partial charge in [0.1, 0.15) is 0 Å². The minimum Gasteiger partial charge on any atom is -0.618 e. The number of hydrogen-bond acceptors (Lipinski definition) is 5. The maximum atomic E-state index is 11.3. The number of carbonyl (C=O) groups is 1. The molecule has 0 amide bonds. The van der Waals surface area contributed by atoms with Crippen LogP contribution in [0.25, 0.3) is 0 Å². The van der Waals surface area contributed by atoms with Gasteiger partial charge in [-0.15, -0.1) is 0 Å². The van der Waals surface area contributed by atoms with E-state index in [1.54, 1.807) is 0 Å². The number of esters is 1. The Hall–Kier alpha value is -2.44. The number of methoxy groups -OCH3 is 1. The fourth-order valence-corrected chi connectivity index (χ4v) is 0.944. The highest BCUT2D eigenvalue weighted by atomic mass is 16.6. The van der Waals surface area contributed by atoms with Gasteiger partial charge < -0.3 is 9.94 Å². The first-order valence-corrected chi connectivity index (χ1v) is 4.18. The average molecular weight is 224 g/mol. The van der Waals surface area contributed by atoms with Crippen LogP contribution in [-0.2, 0) is 9.53 Å². The number of rotatable bonds is 3. The van der Waals surface area contributed by atoms with E-state index in [1.165, 1.54) is 24.3 Å². The summed E-state index contributed by atoms with van der Waals surface area (Å²) in [6.45, 7) is 0. The number of carbonyl (C=O) groups excluding carboxylic acids is 1. The van der Waals surface area contributed by atoms with Crippen molar-refractivity contribution in [3.63, 3.8) is 0 Å². The molecule has 0 aliphatic carbocycles. The zero-order valence-corrected chi connectivity index (χ0v) is 8.32. The molecule has 0 N–H and O–H groups in total. The van der Waals surface area contributed by atoms with Crippen LogP contribution in [0.3, 0.4) is 0 Å². The van der Waals surface area contributed by atoms with E-state index in [-0.39, 0.29) is 16.1 Å². The molecule has 0 fully saturated rings. The number of nitro benzene ring substituents is 1. The molecule has 84 valence electrons. The summed E-state index contributed by atoms with van der Waals surface area (Å²) in [4.78, 5) is 20.5. The van der Waals surface area contributed by atoms with Gasteiger partial charge in [-0.3, -0.25) is 10.1 Å². The average Bonchev–Trinajstić information content (AvgIpc) is 2.28. The van der Waals surface area contributed by atoms with Crippen molar-refractivity contribution in [2.24, 2.45) is 0 Å². The number of ether oxygens (including phenoxy) is 1. The summed E-state index contributed by atoms with van der Waals surface area (Å²) < 4.78 is 4.53. The molecule has 16 heavy (non-hydrogen) atoms. The summed E-state index contributed by atoms with van der Waals surface area (Å²) in [6, 6.07) is 4.83. The molecular weight excluding hydrogens is 216 g/mol. The van der Waals surface area contributed by atoms with Crippen LogP contribution in [-0.4, -0.2) is 29.0 Å². The summed E-state index contributed by atoms with van der Waals surface area (Å²) in [5, 5.41) is 21.6. The molecule has 0 heterocycles. The van der Waals surface area contributed by atoms with Crippen molar-refractivity contribution in [1.82, 2.24) is 0 Å². The summed E-state index contributed by atoms with van der Waals surface area (Å²) in [7, 11) is 1.14. The van der Waals surface area contributed by atoms with E-state index in [4.69, 9.17) is 0 Å². The van der Waals surface area contributed by atoms with E-state index < -0.39 is 10.9 Å². The Morgan fingerprint density at radius 2 is 1.75 bits per heavy atom. The predicted octanol–water partition coefficient (Wildman–Crippen LogP) is 0.980. The normalized spacial score (nSPS) is 10.9. The van der Waals surface area contributed by atoms with E-state index in [9.17, 15) is 20.1 Å². The van der Waals surface area contributed by atoms with E-state index in [0.29, 0.717) is 6.21 Å². The SMILES string of the molecule is COC(=O)/C=[N+](/[O-])c1ccc([N+](=O)[O-])cc1. The Morgan fingerprint density at radius 1 is 1.25 bits per heavy atom. The first-order valence-electron chi connectivity index (χ1n) is 4.18. The van der Waals surface area contributed by atoms with Crippen molar-refractivity contribution in [3.05, 3.63) is 39.6 Å². The predicted molar refractivity (Wildman–Crippen MR) is 54.5 cm³/mol. The van der Waals surface area contributed by atoms with Gasteiger partial charge in [-0.2, -0.15) is 4.74 Å². The van der Waals surface area contributed by atoms with Gasteiger partial charge in [-0.1, -0.05) is 0 Å². The minimum absolute atomic E-state index is 0.107. The maximum Gasteiger partial charge on any atom is 0.396 e. The molecule has 0 radical (unpaired) electrons. The van der Waals surface area contributed by atoms with Crippen LogP contribution in [0, 0.1) is 15.3 Å². The summed E-state index contributed by atoms with van der Waals surface area (Å²) in [6.07, 6.45) is 0.696. The Labute approximate surface area is 90.3 Å². The first-order chi connectivity index (χ1) is 7.54. The van der Waals surface area contributed by atoms with Crippen LogP contribution in [0.15, 0.2) is 24.3 Å². The molecule has 0 bridgehead atoms. The molecular formula is C9H8N2O5. The Kier molecular flexibility index (Phi) is 3.54. The molecule has 0 aromatic heterocycles. The first kappa shape index (κ1) is 11.6. The van der Waals surface area contributed by atoms with E-state index in [1.807, 2.05) is 0 Å². The number of non-ortho nitro benzene ring substituents is 1. The van der Waals surface area contributed by atoms with Gasteiger partial charge in [0.05, 0.1) is 12.0 Å². The van der Waals surface area contributed by atoms with E-state index >= 15 is 0 Å². The maximum absolute atomic E-state index is 11.3. The number of nitrogens with zero attached hydrogens (tertiary/aromatic N) is 2. The van der Waals surface area contributed by atoms with Crippen molar-refractivity contribution in [2.45, 2.75) is 0 Å². The van der Waals surface area contributed by atoms with Gasteiger partial charge in [-0.25, -0.2) is 4.79 Å². The lowest BCUT2D eigenvalue weighted by atomic mass is 10.3. The Bertz CT molecular complexity index is 438. The van der Waals surface area contributed by atoms with Gasteiger partial charge in [-0.05, 0) is 0 Å². The second kappa shape index (κ2) is 4.87. The smallest absolute Gasteiger partial charge is 0.396 e. The molecule has 0 saturated heterocycles. The van der Waals surface area contributed by atoms with Crippen LogP contribution in [0.1, 0.15) is 0 Å². The molecule has 1 aromatic rings. The third kappa shape index (κ3) is 2.77. The second-order valence-corrected chi connectivity index (χ2v) is 2.75. The standard InChI is InChI=1S/C9H8N2O5/c1-16-9(12)6-10(13)7-2-4-8(5-3-7)11(14)15/h2-6H,1H3/b10-6+. The van der Waals surface area contributed by atoms with Gasteiger partial charge >= 0.3 is 5.97 Å². The van der Waals surface area contributed by atoms with Crippen LogP contribution >= 0.6 is 0 Å². The topological polar surface area (TPSA) is 95.5 Å². The fourth-order valence-electron chi connectivity index (χ4n) is 0.944. The zero-order valence-electron chi connectivity index (χ0n) is 8.32. The highest BCUT2D eigenvalue weighted by molar-refractivity contribution is 6.21. The number of nitro groups is 1. The molecule has 0 aliphatic rings.